The van der Waals surface area contributed by atoms with Gasteiger partial charge in [-0.25, -0.2) is 13.2 Å². The predicted molar refractivity (Wildman–Crippen MR) is 113 cm³/mol. The number of nitrogens with zero attached hydrogens (tertiary/aromatic N) is 1. The topological polar surface area (TPSA) is 123 Å². The summed E-state index contributed by atoms with van der Waals surface area (Å²) in [6, 6.07) is 12.8. The first-order chi connectivity index (χ1) is 14.8. The van der Waals surface area contributed by atoms with Crippen LogP contribution in [0.15, 0.2) is 58.4 Å². The number of hydrogen-bond donors (Lipinski definition) is 2. The smallest absolute Gasteiger partial charge is 0.331 e. The SMILES string of the molecule is COc1ccc(CCNC(=O)COC(=O)[C@H](C)N=C2NS(=O)(=O)c3ccccc32)cc1. The minimum Gasteiger partial charge on any atom is -0.497 e. The highest BCUT2D eigenvalue weighted by atomic mass is 32.2. The Morgan fingerprint density at radius 3 is 2.55 bits per heavy atom. The Balaban J connectivity index is 1.47. The summed E-state index contributed by atoms with van der Waals surface area (Å²) in [5.41, 5.74) is 1.42. The second-order valence-corrected chi connectivity index (χ2v) is 8.46. The summed E-state index contributed by atoms with van der Waals surface area (Å²) in [5, 5.41) is 2.68. The fourth-order valence-corrected chi connectivity index (χ4v) is 4.16. The molecule has 10 heteroatoms. The largest absolute Gasteiger partial charge is 0.497 e. The van der Waals surface area contributed by atoms with Gasteiger partial charge in [-0.2, -0.15) is 0 Å². The Hall–Kier alpha value is -3.40. The van der Waals surface area contributed by atoms with Crippen molar-refractivity contribution < 1.29 is 27.5 Å². The highest BCUT2D eigenvalue weighted by Crippen LogP contribution is 2.22. The zero-order valence-corrected chi connectivity index (χ0v) is 17.9. The molecule has 2 N–H and O–H groups in total. The number of rotatable bonds is 8. The Bertz CT molecular complexity index is 1100. The number of methoxy groups -OCH3 is 1. The van der Waals surface area contributed by atoms with Gasteiger partial charge < -0.3 is 14.8 Å². The standard InChI is InChI=1S/C21H23N3O6S/c1-14(23-20-17-5-3-4-6-18(17)31(27,28)24-20)21(26)30-13-19(25)22-12-11-15-7-9-16(29-2)10-8-15/h3-10,14H,11-13H2,1-2H3,(H,22,25)(H,23,24)/t14-/m0/s1. The second kappa shape index (κ2) is 9.61. The fraction of sp³-hybridized carbons (Fsp3) is 0.286. The van der Waals surface area contributed by atoms with E-state index < -0.39 is 34.5 Å². The molecule has 0 saturated heterocycles. The molecule has 0 saturated carbocycles. The number of fused-ring (bicyclic) bond motifs is 1. The molecular weight excluding hydrogens is 422 g/mol. The van der Waals surface area contributed by atoms with Gasteiger partial charge in [0.05, 0.1) is 12.0 Å². The van der Waals surface area contributed by atoms with Crippen LogP contribution < -0.4 is 14.8 Å². The third-order valence-corrected chi connectivity index (χ3v) is 5.96. The molecule has 2 aromatic rings. The summed E-state index contributed by atoms with van der Waals surface area (Å²) in [4.78, 5) is 28.3. The van der Waals surface area contributed by atoms with Gasteiger partial charge in [-0.15, -0.1) is 0 Å². The molecule has 31 heavy (non-hydrogen) atoms. The molecule has 164 valence electrons. The molecule has 1 amide bonds. The summed E-state index contributed by atoms with van der Waals surface area (Å²) in [7, 11) is -2.10. The van der Waals surface area contributed by atoms with Gasteiger partial charge in [0.1, 0.15) is 17.6 Å². The van der Waals surface area contributed by atoms with Crippen molar-refractivity contribution in [3.8, 4) is 5.75 Å². The van der Waals surface area contributed by atoms with Crippen LogP contribution in [0.25, 0.3) is 0 Å². The first kappa shape index (κ1) is 22.3. The van der Waals surface area contributed by atoms with Crippen LogP contribution >= 0.6 is 0 Å². The van der Waals surface area contributed by atoms with Crippen molar-refractivity contribution in [2.45, 2.75) is 24.3 Å². The zero-order chi connectivity index (χ0) is 22.4. The zero-order valence-electron chi connectivity index (χ0n) is 17.1. The van der Waals surface area contributed by atoms with Gasteiger partial charge in [-0.05, 0) is 43.2 Å². The lowest BCUT2D eigenvalue weighted by Crippen LogP contribution is -2.32. The molecule has 0 aromatic heterocycles. The number of nitrogens with one attached hydrogen (secondary N) is 2. The van der Waals surface area contributed by atoms with Crippen molar-refractivity contribution in [3.05, 3.63) is 59.7 Å². The van der Waals surface area contributed by atoms with Gasteiger partial charge in [0, 0.05) is 12.1 Å². The molecule has 0 fully saturated rings. The monoisotopic (exact) mass is 445 g/mol. The molecule has 9 nitrogen and oxygen atoms in total. The maximum Gasteiger partial charge on any atom is 0.331 e. The van der Waals surface area contributed by atoms with Gasteiger partial charge in [-0.1, -0.05) is 24.3 Å². The van der Waals surface area contributed by atoms with Crippen molar-refractivity contribution in [1.29, 1.82) is 0 Å². The van der Waals surface area contributed by atoms with Crippen LogP contribution in [-0.2, 0) is 30.8 Å². The molecule has 0 spiro atoms. The predicted octanol–water partition coefficient (Wildman–Crippen LogP) is 1.02. The molecule has 1 heterocycles. The molecule has 1 atom stereocenters. The van der Waals surface area contributed by atoms with E-state index in [1.54, 1.807) is 25.3 Å². The minimum absolute atomic E-state index is 0.0731. The Morgan fingerprint density at radius 2 is 1.84 bits per heavy atom. The number of sulfonamides is 1. The molecule has 0 bridgehead atoms. The molecule has 1 aliphatic rings. The molecule has 2 aromatic carbocycles. The summed E-state index contributed by atoms with van der Waals surface area (Å²) < 4.78 is 36.6. The number of hydrogen-bond acceptors (Lipinski definition) is 7. The van der Waals surface area contributed by atoms with Crippen molar-refractivity contribution in [2.24, 2.45) is 4.99 Å². The van der Waals surface area contributed by atoms with E-state index in [4.69, 9.17) is 9.47 Å². The summed E-state index contributed by atoms with van der Waals surface area (Å²) in [6.45, 7) is 1.41. The third kappa shape index (κ3) is 5.60. The first-order valence-corrected chi connectivity index (χ1v) is 11.0. The number of esters is 1. The number of aliphatic imine (C=N–C) groups is 1. The van der Waals surface area contributed by atoms with Gasteiger partial charge in [0.2, 0.25) is 0 Å². The number of carbonyl (C=O) groups is 2. The molecule has 1 aliphatic heterocycles. The van der Waals surface area contributed by atoms with E-state index in [0.717, 1.165) is 11.3 Å². The first-order valence-electron chi connectivity index (χ1n) is 9.56. The van der Waals surface area contributed by atoms with Crippen LogP contribution in [0.3, 0.4) is 0 Å². The molecule has 0 aliphatic carbocycles. The van der Waals surface area contributed by atoms with Crippen LogP contribution in [0, 0.1) is 0 Å². The van der Waals surface area contributed by atoms with Crippen LogP contribution in [0.4, 0.5) is 0 Å². The van der Waals surface area contributed by atoms with Crippen LogP contribution in [0.1, 0.15) is 18.1 Å². The maximum atomic E-state index is 12.2. The lowest BCUT2D eigenvalue weighted by molar-refractivity contribution is -0.149. The fourth-order valence-electron chi connectivity index (χ4n) is 2.92. The normalized spacial score (nSPS) is 16.1. The van der Waals surface area contributed by atoms with E-state index >= 15 is 0 Å². The maximum absolute atomic E-state index is 12.2. The van der Waals surface area contributed by atoms with Gasteiger partial charge in [-0.3, -0.25) is 14.5 Å². The Labute approximate surface area is 180 Å². The summed E-state index contributed by atoms with van der Waals surface area (Å²) >= 11 is 0. The number of benzene rings is 2. The average molecular weight is 445 g/mol. The highest BCUT2D eigenvalue weighted by molar-refractivity contribution is 7.90. The van der Waals surface area contributed by atoms with Crippen molar-refractivity contribution in [1.82, 2.24) is 10.0 Å². The number of carbonyl (C=O) groups excluding carboxylic acids is 2. The van der Waals surface area contributed by atoms with Crippen LogP contribution in [0.5, 0.6) is 5.75 Å². The van der Waals surface area contributed by atoms with E-state index in [1.165, 1.54) is 13.0 Å². The van der Waals surface area contributed by atoms with Gasteiger partial charge >= 0.3 is 5.97 Å². The summed E-state index contributed by atoms with van der Waals surface area (Å²) in [6.07, 6.45) is 0.618. The Morgan fingerprint density at radius 1 is 1.13 bits per heavy atom. The second-order valence-electron chi connectivity index (χ2n) is 6.81. The van der Waals surface area contributed by atoms with Gasteiger partial charge in [0.15, 0.2) is 6.61 Å². The molecule has 3 rings (SSSR count). The van der Waals surface area contributed by atoms with E-state index in [0.29, 0.717) is 18.5 Å². The lowest BCUT2D eigenvalue weighted by atomic mass is 10.1. The van der Waals surface area contributed by atoms with E-state index in [1.807, 2.05) is 24.3 Å². The van der Waals surface area contributed by atoms with Gasteiger partial charge in [0.25, 0.3) is 15.9 Å². The number of amides is 1. The molecular formula is C21H23N3O6S. The van der Waals surface area contributed by atoms with Crippen LogP contribution in [-0.4, -0.2) is 52.4 Å². The van der Waals surface area contributed by atoms with E-state index in [9.17, 15) is 18.0 Å². The lowest BCUT2D eigenvalue weighted by Gasteiger charge is -2.10. The van der Waals surface area contributed by atoms with Crippen molar-refractivity contribution >= 4 is 27.7 Å². The van der Waals surface area contributed by atoms with Crippen molar-refractivity contribution in [3.63, 3.8) is 0 Å². The third-order valence-electron chi connectivity index (χ3n) is 4.57. The van der Waals surface area contributed by atoms with Crippen molar-refractivity contribution in [2.75, 3.05) is 20.3 Å². The molecule has 0 unspecified atom stereocenters. The van der Waals surface area contributed by atoms with E-state index in [2.05, 4.69) is 15.0 Å². The number of ether oxygens (including phenoxy) is 2. The summed E-state index contributed by atoms with van der Waals surface area (Å²) in [5.74, 6) is -0.342. The van der Waals surface area contributed by atoms with Crippen LogP contribution in [0.2, 0.25) is 0 Å². The van der Waals surface area contributed by atoms with E-state index in [-0.39, 0.29) is 10.7 Å². The minimum atomic E-state index is -3.69. The highest BCUT2D eigenvalue weighted by Gasteiger charge is 2.31. The average Bonchev–Trinajstić information content (AvgIpc) is 3.02. The number of amidine groups is 1. The Kier molecular flexibility index (Phi) is 6.91. The molecule has 0 radical (unpaired) electrons. The quantitative estimate of drug-likeness (QED) is 0.585.